The second kappa shape index (κ2) is 5.19. The summed E-state index contributed by atoms with van der Waals surface area (Å²) < 4.78 is 0. The van der Waals surface area contributed by atoms with Gasteiger partial charge in [0.15, 0.2) is 5.78 Å². The number of carbonyl (C=O) groups excluding carboxylic acids is 3. The van der Waals surface area contributed by atoms with Gasteiger partial charge in [-0.2, -0.15) is 0 Å². The van der Waals surface area contributed by atoms with Gasteiger partial charge in [0.1, 0.15) is 17.5 Å². The molecule has 1 rings (SSSR count). The van der Waals surface area contributed by atoms with Crippen LogP contribution in [0.4, 0.5) is 0 Å². The van der Waals surface area contributed by atoms with Crippen molar-refractivity contribution in [2.75, 3.05) is 0 Å². The van der Waals surface area contributed by atoms with Crippen LogP contribution in [0.1, 0.15) is 46.0 Å². The van der Waals surface area contributed by atoms with Crippen molar-refractivity contribution >= 4 is 17.3 Å². The molecule has 1 aliphatic carbocycles. The van der Waals surface area contributed by atoms with Gasteiger partial charge >= 0.3 is 0 Å². The molecular weight excluding hydrogens is 192 g/mol. The van der Waals surface area contributed by atoms with Crippen molar-refractivity contribution in [3.05, 3.63) is 0 Å². The van der Waals surface area contributed by atoms with Crippen LogP contribution in [0.5, 0.6) is 0 Å². The van der Waals surface area contributed by atoms with Crippen LogP contribution in [0.3, 0.4) is 0 Å². The predicted octanol–water partition coefficient (Wildman–Crippen LogP) is 1.93. The average molecular weight is 210 g/mol. The van der Waals surface area contributed by atoms with E-state index < -0.39 is 5.92 Å². The van der Waals surface area contributed by atoms with Crippen LogP contribution in [-0.2, 0) is 14.4 Å². The Balaban J connectivity index is 2.70. The minimum absolute atomic E-state index is 0.0588. The minimum atomic E-state index is -0.993. The van der Waals surface area contributed by atoms with Crippen LogP contribution in [0.25, 0.3) is 0 Å². The van der Waals surface area contributed by atoms with Crippen molar-refractivity contribution in [3.63, 3.8) is 0 Å². The summed E-state index contributed by atoms with van der Waals surface area (Å²) in [5, 5.41) is 0. The van der Waals surface area contributed by atoms with Crippen molar-refractivity contribution in [2.24, 2.45) is 11.8 Å². The third-order valence-electron chi connectivity index (χ3n) is 3.11. The predicted molar refractivity (Wildman–Crippen MR) is 56.4 cm³/mol. The maximum Gasteiger partial charge on any atom is 0.153 e. The first kappa shape index (κ1) is 12.1. The number of rotatable bonds is 4. The van der Waals surface area contributed by atoms with Crippen LogP contribution < -0.4 is 0 Å². The Labute approximate surface area is 90.2 Å². The fourth-order valence-corrected chi connectivity index (χ4v) is 2.31. The SMILES string of the molecule is CC(=O)C(C(C)=O)C(=O)C1CCCCC1. The van der Waals surface area contributed by atoms with Gasteiger partial charge in [-0.25, -0.2) is 0 Å². The van der Waals surface area contributed by atoms with Gasteiger partial charge in [-0.3, -0.25) is 14.4 Å². The van der Waals surface area contributed by atoms with Crippen LogP contribution in [0.15, 0.2) is 0 Å². The van der Waals surface area contributed by atoms with E-state index in [9.17, 15) is 14.4 Å². The highest BCUT2D eigenvalue weighted by Gasteiger charge is 2.33. The molecular formula is C12H18O3. The summed E-state index contributed by atoms with van der Waals surface area (Å²) in [7, 11) is 0. The van der Waals surface area contributed by atoms with E-state index in [0.29, 0.717) is 0 Å². The van der Waals surface area contributed by atoms with Crippen molar-refractivity contribution in [3.8, 4) is 0 Å². The summed E-state index contributed by atoms with van der Waals surface area (Å²) >= 11 is 0. The van der Waals surface area contributed by atoms with Gasteiger partial charge in [-0.15, -0.1) is 0 Å². The summed E-state index contributed by atoms with van der Waals surface area (Å²) in [5.74, 6) is -1.81. The topological polar surface area (TPSA) is 51.2 Å². The van der Waals surface area contributed by atoms with E-state index in [0.717, 1.165) is 32.1 Å². The Morgan fingerprint density at radius 1 is 0.933 bits per heavy atom. The molecule has 0 amide bonds. The first-order chi connectivity index (χ1) is 7.04. The second-order valence-corrected chi connectivity index (χ2v) is 4.39. The fourth-order valence-electron chi connectivity index (χ4n) is 2.31. The van der Waals surface area contributed by atoms with E-state index in [1.807, 2.05) is 0 Å². The second-order valence-electron chi connectivity index (χ2n) is 4.39. The van der Waals surface area contributed by atoms with E-state index in [1.165, 1.54) is 13.8 Å². The molecule has 0 saturated heterocycles. The number of Topliss-reactive ketones (excluding diaryl/α,β-unsaturated/α-hetero) is 3. The summed E-state index contributed by atoms with van der Waals surface area (Å²) in [6.07, 6.45) is 4.93. The molecule has 0 aromatic carbocycles. The van der Waals surface area contributed by atoms with Crippen LogP contribution in [0, 0.1) is 11.8 Å². The van der Waals surface area contributed by atoms with E-state index in [1.54, 1.807) is 0 Å². The average Bonchev–Trinajstić information content (AvgIpc) is 2.18. The first-order valence-electron chi connectivity index (χ1n) is 5.58. The zero-order valence-electron chi connectivity index (χ0n) is 9.41. The molecule has 0 unspecified atom stereocenters. The molecule has 1 saturated carbocycles. The van der Waals surface area contributed by atoms with E-state index in [-0.39, 0.29) is 23.3 Å². The number of hydrogen-bond donors (Lipinski definition) is 0. The highest BCUT2D eigenvalue weighted by atomic mass is 16.2. The molecule has 0 aromatic heterocycles. The van der Waals surface area contributed by atoms with Gasteiger partial charge in [-0.1, -0.05) is 19.3 Å². The van der Waals surface area contributed by atoms with Crippen LogP contribution >= 0.6 is 0 Å². The Bertz CT molecular complexity index is 261. The van der Waals surface area contributed by atoms with E-state index in [4.69, 9.17) is 0 Å². The number of carbonyl (C=O) groups is 3. The first-order valence-corrected chi connectivity index (χ1v) is 5.58. The smallest absolute Gasteiger partial charge is 0.153 e. The maximum atomic E-state index is 11.9. The lowest BCUT2D eigenvalue weighted by Gasteiger charge is -2.22. The van der Waals surface area contributed by atoms with Gasteiger partial charge in [0.2, 0.25) is 0 Å². The zero-order chi connectivity index (χ0) is 11.4. The number of hydrogen-bond acceptors (Lipinski definition) is 3. The molecule has 0 aliphatic heterocycles. The van der Waals surface area contributed by atoms with Gasteiger partial charge < -0.3 is 0 Å². The fraction of sp³-hybridized carbons (Fsp3) is 0.750. The zero-order valence-corrected chi connectivity index (χ0v) is 9.41. The molecule has 0 bridgehead atoms. The summed E-state index contributed by atoms with van der Waals surface area (Å²) in [6.45, 7) is 2.65. The molecule has 0 spiro atoms. The lowest BCUT2D eigenvalue weighted by molar-refractivity contribution is -0.140. The van der Waals surface area contributed by atoms with Gasteiger partial charge in [0.05, 0.1) is 0 Å². The molecule has 1 fully saturated rings. The monoisotopic (exact) mass is 210 g/mol. The molecule has 0 atom stereocenters. The Morgan fingerprint density at radius 3 is 1.80 bits per heavy atom. The molecule has 84 valence electrons. The van der Waals surface area contributed by atoms with Crippen molar-refractivity contribution < 1.29 is 14.4 Å². The lowest BCUT2D eigenvalue weighted by Crippen LogP contribution is -2.34. The van der Waals surface area contributed by atoms with Crippen LogP contribution in [-0.4, -0.2) is 17.3 Å². The molecule has 0 N–H and O–H groups in total. The quantitative estimate of drug-likeness (QED) is 0.666. The van der Waals surface area contributed by atoms with Crippen molar-refractivity contribution in [1.82, 2.24) is 0 Å². The highest BCUT2D eigenvalue weighted by molar-refractivity contribution is 6.18. The van der Waals surface area contributed by atoms with Gasteiger partial charge in [-0.05, 0) is 26.7 Å². The standard InChI is InChI=1S/C12H18O3/c1-8(13)11(9(2)14)12(15)10-6-4-3-5-7-10/h10-11H,3-7H2,1-2H3. The molecule has 3 heteroatoms. The van der Waals surface area contributed by atoms with Gasteiger partial charge in [0, 0.05) is 5.92 Å². The summed E-state index contributed by atoms with van der Waals surface area (Å²) in [4.78, 5) is 34.4. The molecule has 3 nitrogen and oxygen atoms in total. The maximum absolute atomic E-state index is 11.9. The highest BCUT2D eigenvalue weighted by Crippen LogP contribution is 2.27. The Kier molecular flexibility index (Phi) is 4.18. The van der Waals surface area contributed by atoms with Crippen molar-refractivity contribution in [2.45, 2.75) is 46.0 Å². The van der Waals surface area contributed by atoms with E-state index >= 15 is 0 Å². The third kappa shape index (κ3) is 2.98. The molecule has 0 radical (unpaired) electrons. The van der Waals surface area contributed by atoms with Crippen LogP contribution in [0.2, 0.25) is 0 Å². The number of ketones is 3. The minimum Gasteiger partial charge on any atom is -0.299 e. The van der Waals surface area contributed by atoms with Gasteiger partial charge in [0.25, 0.3) is 0 Å². The summed E-state index contributed by atoms with van der Waals surface area (Å²) in [6, 6.07) is 0. The Hall–Kier alpha value is -0.990. The molecule has 0 heterocycles. The normalized spacial score (nSPS) is 17.8. The van der Waals surface area contributed by atoms with E-state index in [2.05, 4.69) is 0 Å². The Morgan fingerprint density at radius 2 is 1.40 bits per heavy atom. The van der Waals surface area contributed by atoms with Crippen molar-refractivity contribution in [1.29, 1.82) is 0 Å². The summed E-state index contributed by atoms with van der Waals surface area (Å²) in [5.41, 5.74) is 0. The molecule has 15 heavy (non-hydrogen) atoms. The third-order valence-corrected chi connectivity index (χ3v) is 3.11. The molecule has 0 aromatic rings. The largest absolute Gasteiger partial charge is 0.299 e. The molecule has 1 aliphatic rings. The lowest BCUT2D eigenvalue weighted by atomic mass is 9.79.